The van der Waals surface area contributed by atoms with Crippen molar-refractivity contribution in [2.45, 2.75) is 0 Å². The van der Waals surface area contributed by atoms with Gasteiger partial charge in [0.25, 0.3) is 0 Å². The van der Waals surface area contributed by atoms with E-state index >= 15 is 0 Å². The molecular weight excluding hydrogens is 560 g/mol. The van der Waals surface area contributed by atoms with Gasteiger partial charge in [0.2, 0.25) is 0 Å². The Hall–Kier alpha value is -6.26. The normalized spacial score (nSPS) is 12.3. The number of aromatic nitrogens is 4. The molecule has 0 spiro atoms. The fourth-order valence-electron chi connectivity index (χ4n) is 8.01. The zero-order chi connectivity index (χ0) is 29.9. The van der Waals surface area contributed by atoms with Gasteiger partial charge in [0.05, 0.1) is 38.6 Å². The molecule has 46 heavy (non-hydrogen) atoms. The molecule has 7 aromatic carbocycles. The Kier molecular flexibility index (Phi) is 4.55. The SMILES string of the molecule is c1ccc(-c2nc3ccccc3nc2-n2c3cccc4c5ccccc5n5c6ccccc6c6c7ccccc7c2c(c43)c65)cc1. The molecule has 0 unspecified atom stereocenters. The highest BCUT2D eigenvalue weighted by Gasteiger charge is 2.27. The van der Waals surface area contributed by atoms with E-state index in [1.54, 1.807) is 0 Å². The highest BCUT2D eigenvalue weighted by molar-refractivity contribution is 6.40. The van der Waals surface area contributed by atoms with Crippen molar-refractivity contribution in [3.05, 3.63) is 146 Å². The lowest BCUT2D eigenvalue weighted by Crippen LogP contribution is -2.04. The van der Waals surface area contributed by atoms with Gasteiger partial charge >= 0.3 is 0 Å². The Labute approximate surface area is 262 Å². The van der Waals surface area contributed by atoms with Crippen LogP contribution in [0.15, 0.2) is 146 Å². The molecule has 0 amide bonds. The molecule has 4 nitrogen and oxygen atoms in total. The van der Waals surface area contributed by atoms with Gasteiger partial charge in [0, 0.05) is 37.9 Å². The Morgan fingerprint density at radius 3 is 1.74 bits per heavy atom. The van der Waals surface area contributed by atoms with Gasteiger partial charge in [-0.3, -0.25) is 4.57 Å². The standard InChI is InChI=1S/C42H24N4/c1-2-13-25(14-3-1)39-42(44-32-21-9-8-20-31(32)43-39)46-35-24-12-19-27-26-15-6-10-22-33(26)45-34-23-11-7-18-30(34)36-28-16-4-5-17-29(28)40(46)38(37(27)35)41(36)45/h1-24H. The Morgan fingerprint density at radius 1 is 0.370 bits per heavy atom. The summed E-state index contributed by atoms with van der Waals surface area (Å²) in [5.41, 5.74) is 9.61. The third-order valence-electron chi connectivity index (χ3n) is 9.80. The molecule has 4 heterocycles. The number of hydrogen-bond donors (Lipinski definition) is 0. The van der Waals surface area contributed by atoms with Gasteiger partial charge in [0.1, 0.15) is 5.69 Å². The van der Waals surface area contributed by atoms with Gasteiger partial charge in [-0.1, -0.05) is 115 Å². The lowest BCUT2D eigenvalue weighted by molar-refractivity contribution is 1.08. The third kappa shape index (κ3) is 2.94. The summed E-state index contributed by atoms with van der Waals surface area (Å²) in [5, 5.41) is 9.95. The molecule has 0 saturated heterocycles. The van der Waals surface area contributed by atoms with Crippen LogP contribution in [0.2, 0.25) is 0 Å². The number of rotatable bonds is 2. The van der Waals surface area contributed by atoms with E-state index in [1.807, 2.05) is 12.1 Å². The van der Waals surface area contributed by atoms with E-state index in [4.69, 9.17) is 9.97 Å². The van der Waals surface area contributed by atoms with Gasteiger partial charge in [-0.25, -0.2) is 9.97 Å². The molecule has 11 rings (SSSR count). The first-order valence-electron chi connectivity index (χ1n) is 15.7. The van der Waals surface area contributed by atoms with Crippen molar-refractivity contribution in [1.29, 1.82) is 0 Å². The number of nitrogens with zero attached hydrogens (tertiary/aromatic N) is 4. The first-order chi connectivity index (χ1) is 22.9. The molecule has 4 aromatic heterocycles. The molecule has 0 radical (unpaired) electrons. The molecular formula is C42H24N4. The predicted octanol–water partition coefficient (Wildman–Crippen LogP) is 10.7. The van der Waals surface area contributed by atoms with Crippen LogP contribution >= 0.6 is 0 Å². The second-order valence-electron chi connectivity index (χ2n) is 12.1. The van der Waals surface area contributed by atoms with E-state index in [9.17, 15) is 0 Å². The Balaban J connectivity index is 1.51. The van der Waals surface area contributed by atoms with E-state index in [1.165, 1.54) is 59.6 Å². The second-order valence-corrected chi connectivity index (χ2v) is 12.1. The zero-order valence-electron chi connectivity index (χ0n) is 24.6. The molecule has 0 atom stereocenters. The van der Waals surface area contributed by atoms with Crippen molar-refractivity contribution >= 4 is 81.7 Å². The van der Waals surface area contributed by atoms with Crippen LogP contribution in [0.25, 0.3) is 98.8 Å². The summed E-state index contributed by atoms with van der Waals surface area (Å²) in [7, 11) is 0. The minimum atomic E-state index is 0.836. The molecule has 0 aliphatic carbocycles. The molecule has 0 N–H and O–H groups in total. The topological polar surface area (TPSA) is 35.1 Å². The molecule has 0 bridgehead atoms. The highest BCUT2D eigenvalue weighted by Crippen LogP contribution is 2.49. The first kappa shape index (κ1) is 24.1. The molecule has 212 valence electrons. The summed E-state index contributed by atoms with van der Waals surface area (Å²) in [5.74, 6) is 0.836. The van der Waals surface area contributed by atoms with E-state index in [-0.39, 0.29) is 0 Å². The molecule has 4 heteroatoms. The second kappa shape index (κ2) is 8.68. The van der Waals surface area contributed by atoms with E-state index < -0.39 is 0 Å². The van der Waals surface area contributed by atoms with Gasteiger partial charge in [-0.05, 0) is 41.1 Å². The average molecular weight is 585 g/mol. The Bertz CT molecular complexity index is 3020. The molecule has 0 fully saturated rings. The minimum Gasteiger partial charge on any atom is -0.308 e. The summed E-state index contributed by atoms with van der Waals surface area (Å²) in [6.45, 7) is 0. The van der Waals surface area contributed by atoms with Gasteiger partial charge < -0.3 is 4.40 Å². The van der Waals surface area contributed by atoms with Crippen LogP contribution in [0.3, 0.4) is 0 Å². The highest BCUT2D eigenvalue weighted by atomic mass is 15.1. The van der Waals surface area contributed by atoms with Gasteiger partial charge in [-0.2, -0.15) is 0 Å². The van der Waals surface area contributed by atoms with Crippen LogP contribution in [0.5, 0.6) is 0 Å². The lowest BCUT2D eigenvalue weighted by Gasteiger charge is -2.15. The summed E-state index contributed by atoms with van der Waals surface area (Å²) in [6, 6.07) is 52.0. The van der Waals surface area contributed by atoms with Crippen LogP contribution in [0.1, 0.15) is 0 Å². The first-order valence-corrected chi connectivity index (χ1v) is 15.7. The third-order valence-corrected chi connectivity index (χ3v) is 9.80. The van der Waals surface area contributed by atoms with E-state index in [0.29, 0.717) is 0 Å². The smallest absolute Gasteiger partial charge is 0.165 e. The van der Waals surface area contributed by atoms with Gasteiger partial charge in [-0.15, -0.1) is 0 Å². The van der Waals surface area contributed by atoms with Crippen LogP contribution in [-0.2, 0) is 0 Å². The predicted molar refractivity (Wildman–Crippen MR) is 191 cm³/mol. The van der Waals surface area contributed by atoms with E-state index in [2.05, 4.69) is 142 Å². The monoisotopic (exact) mass is 584 g/mol. The number of para-hydroxylation sites is 4. The summed E-state index contributed by atoms with van der Waals surface area (Å²) in [4.78, 5) is 10.7. The van der Waals surface area contributed by atoms with Crippen molar-refractivity contribution < 1.29 is 0 Å². The molecule has 0 saturated carbocycles. The van der Waals surface area contributed by atoms with Crippen molar-refractivity contribution in [3.8, 4) is 17.1 Å². The number of fused-ring (bicyclic) bond motifs is 10. The van der Waals surface area contributed by atoms with Crippen LogP contribution in [-0.4, -0.2) is 18.9 Å². The fraction of sp³-hybridized carbons (Fsp3) is 0. The zero-order valence-corrected chi connectivity index (χ0v) is 24.6. The fourth-order valence-corrected chi connectivity index (χ4v) is 8.01. The van der Waals surface area contributed by atoms with Crippen molar-refractivity contribution in [3.63, 3.8) is 0 Å². The van der Waals surface area contributed by atoms with E-state index in [0.717, 1.165) is 39.1 Å². The van der Waals surface area contributed by atoms with Gasteiger partial charge in [0.15, 0.2) is 5.82 Å². The van der Waals surface area contributed by atoms with Crippen LogP contribution in [0.4, 0.5) is 0 Å². The maximum absolute atomic E-state index is 5.43. The van der Waals surface area contributed by atoms with Crippen LogP contribution < -0.4 is 0 Å². The summed E-state index contributed by atoms with van der Waals surface area (Å²) < 4.78 is 4.90. The van der Waals surface area contributed by atoms with Crippen molar-refractivity contribution in [2.24, 2.45) is 0 Å². The maximum atomic E-state index is 5.43. The minimum absolute atomic E-state index is 0.836. The maximum Gasteiger partial charge on any atom is 0.165 e. The average Bonchev–Trinajstić information content (AvgIpc) is 3.61. The summed E-state index contributed by atoms with van der Waals surface area (Å²) >= 11 is 0. The number of benzene rings is 7. The lowest BCUT2D eigenvalue weighted by atomic mass is 9.98. The quantitative estimate of drug-likeness (QED) is 0.203. The van der Waals surface area contributed by atoms with Crippen molar-refractivity contribution in [1.82, 2.24) is 18.9 Å². The largest absolute Gasteiger partial charge is 0.308 e. The Morgan fingerprint density at radius 2 is 0.935 bits per heavy atom. The molecule has 0 aliphatic heterocycles. The molecule has 0 aliphatic rings. The number of hydrogen-bond acceptors (Lipinski definition) is 2. The van der Waals surface area contributed by atoms with Crippen molar-refractivity contribution in [2.75, 3.05) is 0 Å². The van der Waals surface area contributed by atoms with Crippen LogP contribution in [0, 0.1) is 0 Å². The molecule has 11 aromatic rings. The summed E-state index contributed by atoms with van der Waals surface area (Å²) in [6.07, 6.45) is 0.